The van der Waals surface area contributed by atoms with E-state index < -0.39 is 7.26 Å². The highest BCUT2D eigenvalue weighted by molar-refractivity contribution is 7.75. The van der Waals surface area contributed by atoms with E-state index in [9.17, 15) is 0 Å². The molecule has 120 valence electrons. The maximum absolute atomic E-state index is 2.36. The van der Waals surface area contributed by atoms with Gasteiger partial charge in [0.15, 0.2) is 0 Å². The summed E-state index contributed by atoms with van der Waals surface area (Å²) >= 11 is 0. The summed E-state index contributed by atoms with van der Waals surface area (Å²) in [5, 5.41) is 0. The quantitative estimate of drug-likeness (QED) is 0.455. The first-order valence-corrected chi connectivity index (χ1v) is 10.6. The Hall–Kier alpha value is 0.290. The van der Waals surface area contributed by atoms with Gasteiger partial charge in [0, 0.05) is 7.26 Å². The Morgan fingerprint density at radius 3 is 0.895 bits per heavy atom. The molecule has 0 heterocycles. The Morgan fingerprint density at radius 1 is 0.526 bits per heavy atom. The molecule has 3 heteroatoms. The Morgan fingerprint density at radius 2 is 0.737 bits per heavy atom. The number of hydrogen-bond donors (Lipinski definition) is 0. The first-order valence-electron chi connectivity index (χ1n) is 8.09. The van der Waals surface area contributed by atoms with Crippen LogP contribution in [0.15, 0.2) is 0 Å². The highest BCUT2D eigenvalue weighted by atomic mass is 31.2. The molecule has 0 aromatic heterocycles. The molecule has 0 fully saturated rings. The lowest BCUT2D eigenvalue weighted by molar-refractivity contribution is -0.001000. The first kappa shape index (κ1) is 24.3. The lowest BCUT2D eigenvalue weighted by Crippen LogP contribution is -3.00. The van der Waals surface area contributed by atoms with Gasteiger partial charge in [-0.2, -0.15) is 0 Å². The first-order chi connectivity index (χ1) is 8.24. The zero-order chi connectivity index (χ0) is 13.0. The second-order valence-corrected chi connectivity index (χ2v) is 10.1. The predicted octanol–water partition coefficient (Wildman–Crippen LogP) is 0.325. The van der Waals surface area contributed by atoms with Gasteiger partial charge in [-0.3, -0.25) is 0 Å². The largest absolute Gasteiger partial charge is 1.00 e. The molecule has 0 radical (unpaired) electrons. The van der Waals surface area contributed by atoms with Crippen molar-refractivity contribution in [1.29, 1.82) is 0 Å². The molecule has 0 saturated carbocycles. The molecule has 0 N–H and O–H groups in total. The van der Waals surface area contributed by atoms with E-state index in [2.05, 4.69) is 27.7 Å². The minimum Gasteiger partial charge on any atom is -1.00 e. The highest BCUT2D eigenvalue weighted by Crippen LogP contribution is 2.61. The van der Waals surface area contributed by atoms with E-state index in [0.717, 1.165) is 0 Å². The minimum atomic E-state index is -0.562. The van der Waals surface area contributed by atoms with E-state index >= 15 is 0 Å². The zero-order valence-electron chi connectivity index (χ0n) is 14.7. The lowest BCUT2D eigenvalue weighted by Gasteiger charge is -2.28. The molecule has 0 aliphatic carbocycles. The molecule has 0 aliphatic rings. The monoisotopic (exact) mass is 298 g/mol. The van der Waals surface area contributed by atoms with Gasteiger partial charge in [-0.15, -0.1) is 0 Å². The van der Waals surface area contributed by atoms with Crippen molar-refractivity contribution >= 4 is 7.26 Å². The molecule has 0 rings (SSSR count). The average Bonchev–Trinajstić information content (AvgIpc) is 2.37. The van der Waals surface area contributed by atoms with Crippen LogP contribution in [0, 0.1) is 0 Å². The van der Waals surface area contributed by atoms with Crippen molar-refractivity contribution in [1.82, 2.24) is 0 Å². The smallest absolute Gasteiger partial charge is 1.00 e. The van der Waals surface area contributed by atoms with E-state index in [1.807, 2.05) is 0 Å². The van der Waals surface area contributed by atoms with E-state index in [4.69, 9.17) is 0 Å². The predicted molar refractivity (Wildman–Crippen MR) is 87.1 cm³/mol. The normalized spacial score (nSPS) is 10.7. The van der Waals surface area contributed by atoms with E-state index in [1.54, 1.807) is 24.6 Å². The van der Waals surface area contributed by atoms with Gasteiger partial charge in [-0.25, -0.2) is 0 Å². The van der Waals surface area contributed by atoms with Crippen LogP contribution < -0.4 is 9.41 Å². The second kappa shape index (κ2) is 16.3. The third-order valence-corrected chi connectivity index (χ3v) is 9.00. The van der Waals surface area contributed by atoms with E-state index in [-0.39, 0.29) is 10.8 Å². The maximum atomic E-state index is 2.36. The van der Waals surface area contributed by atoms with Gasteiger partial charge in [-0.1, -0.05) is 53.4 Å². The van der Waals surface area contributed by atoms with Gasteiger partial charge in [0.25, 0.3) is 0 Å². The Bertz CT molecular complexity index is 131. The Balaban J connectivity index is -0.000000427. The maximum Gasteiger partial charge on any atom is 1.00 e. The SMILES string of the molecule is CCCC[P+](CCCC)(CCCC)CCCC.[F-].[F-].[H+]. The summed E-state index contributed by atoms with van der Waals surface area (Å²) in [4.78, 5) is 0. The van der Waals surface area contributed by atoms with Crippen molar-refractivity contribution in [3.63, 3.8) is 0 Å². The van der Waals surface area contributed by atoms with Gasteiger partial charge in [0.1, 0.15) is 0 Å². The molecule has 0 atom stereocenters. The van der Waals surface area contributed by atoms with Crippen molar-refractivity contribution in [3.8, 4) is 0 Å². The summed E-state index contributed by atoms with van der Waals surface area (Å²) < 4.78 is 0. The zero-order valence-corrected chi connectivity index (χ0v) is 14.6. The molecule has 0 saturated heterocycles. The number of rotatable bonds is 12. The summed E-state index contributed by atoms with van der Waals surface area (Å²) in [5.41, 5.74) is 0. The number of unbranched alkanes of at least 4 members (excludes halogenated alkanes) is 4. The van der Waals surface area contributed by atoms with Gasteiger partial charge in [-0.05, 0) is 25.7 Å². The van der Waals surface area contributed by atoms with Gasteiger partial charge in [0.05, 0.1) is 24.6 Å². The number of halogens is 2. The standard InChI is InChI=1S/C16H36P.2FH/c1-5-9-13-17(14-10-6-2,15-11-7-3)16-12-8-4;;/h5-16H2,1-4H3;2*1H/q+1;;/p-1. The van der Waals surface area contributed by atoms with Crippen LogP contribution in [0.2, 0.25) is 0 Å². The summed E-state index contributed by atoms with van der Waals surface area (Å²) in [6.07, 6.45) is 17.9. The molecule has 0 aliphatic heterocycles. The topological polar surface area (TPSA) is 0 Å². The molecular formula is C16H37F2P. The van der Waals surface area contributed by atoms with Crippen LogP contribution in [-0.4, -0.2) is 24.6 Å². The van der Waals surface area contributed by atoms with Crippen LogP contribution >= 0.6 is 7.26 Å². The van der Waals surface area contributed by atoms with Crippen LogP contribution in [0.4, 0.5) is 0 Å². The molecule has 0 nitrogen and oxygen atoms in total. The molecule has 0 spiro atoms. The summed E-state index contributed by atoms with van der Waals surface area (Å²) in [6, 6.07) is 0. The minimum absolute atomic E-state index is 0. The third-order valence-electron chi connectivity index (χ3n) is 3.94. The third kappa shape index (κ3) is 11.8. The van der Waals surface area contributed by atoms with Crippen LogP contribution in [0.1, 0.15) is 80.5 Å². The van der Waals surface area contributed by atoms with Gasteiger partial charge >= 0.3 is 1.43 Å². The van der Waals surface area contributed by atoms with Crippen LogP contribution in [-0.2, 0) is 0 Å². The van der Waals surface area contributed by atoms with Crippen molar-refractivity contribution in [3.05, 3.63) is 0 Å². The molecule has 19 heavy (non-hydrogen) atoms. The van der Waals surface area contributed by atoms with E-state index in [1.165, 1.54) is 51.4 Å². The van der Waals surface area contributed by atoms with Gasteiger partial charge in [0.2, 0.25) is 0 Å². The fraction of sp³-hybridized carbons (Fsp3) is 1.00. The average molecular weight is 298 g/mol. The molecule has 0 bridgehead atoms. The molecule has 0 amide bonds. The lowest BCUT2D eigenvalue weighted by atomic mass is 10.4. The van der Waals surface area contributed by atoms with Crippen molar-refractivity contribution < 1.29 is 10.8 Å². The van der Waals surface area contributed by atoms with Gasteiger partial charge < -0.3 is 9.41 Å². The Kier molecular flexibility index (Phi) is 20.9. The fourth-order valence-corrected chi connectivity index (χ4v) is 7.93. The van der Waals surface area contributed by atoms with Crippen LogP contribution in [0.3, 0.4) is 0 Å². The van der Waals surface area contributed by atoms with Crippen molar-refractivity contribution in [2.24, 2.45) is 0 Å². The Labute approximate surface area is 122 Å². The molecule has 0 unspecified atom stereocenters. The second-order valence-electron chi connectivity index (χ2n) is 5.65. The molecule has 0 aromatic carbocycles. The van der Waals surface area contributed by atoms with E-state index in [0.29, 0.717) is 0 Å². The van der Waals surface area contributed by atoms with Crippen molar-refractivity contribution in [2.45, 2.75) is 79.1 Å². The van der Waals surface area contributed by atoms with Crippen LogP contribution in [0.25, 0.3) is 0 Å². The molecular weight excluding hydrogens is 261 g/mol. The van der Waals surface area contributed by atoms with Crippen LogP contribution in [0.5, 0.6) is 0 Å². The highest BCUT2D eigenvalue weighted by Gasteiger charge is 2.34. The molecule has 0 aromatic rings. The summed E-state index contributed by atoms with van der Waals surface area (Å²) in [7, 11) is -0.562. The fourth-order valence-electron chi connectivity index (χ4n) is 2.64. The summed E-state index contributed by atoms with van der Waals surface area (Å²) in [5.74, 6) is 0. The summed E-state index contributed by atoms with van der Waals surface area (Å²) in [6.45, 7) is 9.42. The van der Waals surface area contributed by atoms with Crippen molar-refractivity contribution in [2.75, 3.05) is 24.6 Å². The number of hydrogen-bond acceptors (Lipinski definition) is 0.